The second-order valence-corrected chi connectivity index (χ2v) is 4.17. The van der Waals surface area contributed by atoms with Gasteiger partial charge in [-0.05, 0) is 11.6 Å². The summed E-state index contributed by atoms with van der Waals surface area (Å²) in [7, 11) is 1.91. The average Bonchev–Trinajstić information content (AvgIpc) is 2.63. The van der Waals surface area contributed by atoms with Crippen LogP contribution >= 0.6 is 23.2 Å². The number of rotatable bonds is 3. The first-order chi connectivity index (χ1) is 7.72. The molecule has 0 unspecified atom stereocenters. The third kappa shape index (κ3) is 2.20. The van der Waals surface area contributed by atoms with Crippen LogP contribution in [0.4, 0.5) is 0 Å². The molecule has 5 heteroatoms. The van der Waals surface area contributed by atoms with Gasteiger partial charge in [0.15, 0.2) is 0 Å². The fourth-order valence-corrected chi connectivity index (χ4v) is 1.92. The van der Waals surface area contributed by atoms with Crippen molar-refractivity contribution < 1.29 is 0 Å². The highest BCUT2D eigenvalue weighted by molar-refractivity contribution is 6.31. The van der Waals surface area contributed by atoms with Crippen LogP contribution in [0, 0.1) is 0 Å². The first-order valence-corrected chi connectivity index (χ1v) is 5.80. The van der Waals surface area contributed by atoms with Crippen molar-refractivity contribution >= 4 is 23.2 Å². The lowest BCUT2D eigenvalue weighted by molar-refractivity contribution is 0.790. The zero-order valence-corrected chi connectivity index (χ0v) is 10.3. The van der Waals surface area contributed by atoms with E-state index in [1.807, 2.05) is 35.9 Å². The average molecular weight is 256 g/mol. The normalized spacial score (nSPS) is 10.7. The Balaban J connectivity index is 2.27. The van der Waals surface area contributed by atoms with Crippen LogP contribution in [0.1, 0.15) is 17.2 Å². The fourth-order valence-electron chi connectivity index (χ4n) is 1.48. The van der Waals surface area contributed by atoms with Gasteiger partial charge in [-0.2, -0.15) is 0 Å². The molecule has 2 rings (SSSR count). The number of halogens is 2. The Morgan fingerprint density at radius 1 is 1.19 bits per heavy atom. The third-order valence-electron chi connectivity index (χ3n) is 2.48. The molecule has 1 aromatic heterocycles. The number of aromatic nitrogens is 3. The summed E-state index contributed by atoms with van der Waals surface area (Å²) in [6.45, 7) is 0. The van der Waals surface area contributed by atoms with Crippen LogP contribution in [-0.2, 0) is 19.3 Å². The smallest absolute Gasteiger partial charge is 0.147 e. The zero-order valence-electron chi connectivity index (χ0n) is 8.82. The van der Waals surface area contributed by atoms with Crippen molar-refractivity contribution in [3.63, 3.8) is 0 Å². The minimum atomic E-state index is 0.367. The second kappa shape index (κ2) is 4.85. The molecule has 0 N–H and O–H groups in total. The molecule has 84 valence electrons. The van der Waals surface area contributed by atoms with Crippen LogP contribution in [0.3, 0.4) is 0 Å². The maximum atomic E-state index is 6.08. The highest BCUT2D eigenvalue weighted by Gasteiger charge is 2.09. The van der Waals surface area contributed by atoms with Crippen LogP contribution in [-0.4, -0.2) is 14.8 Å². The summed E-state index contributed by atoms with van der Waals surface area (Å²) in [6, 6.07) is 7.72. The van der Waals surface area contributed by atoms with E-state index in [9.17, 15) is 0 Å². The first kappa shape index (κ1) is 11.4. The summed E-state index contributed by atoms with van der Waals surface area (Å²) >= 11 is 11.8. The molecule has 1 heterocycles. The second-order valence-electron chi connectivity index (χ2n) is 3.49. The van der Waals surface area contributed by atoms with E-state index in [4.69, 9.17) is 23.2 Å². The van der Waals surface area contributed by atoms with Gasteiger partial charge >= 0.3 is 0 Å². The monoisotopic (exact) mass is 255 g/mol. The van der Waals surface area contributed by atoms with Crippen LogP contribution in [0.5, 0.6) is 0 Å². The van der Waals surface area contributed by atoms with Crippen LogP contribution in [0.15, 0.2) is 24.3 Å². The Morgan fingerprint density at radius 3 is 2.50 bits per heavy atom. The van der Waals surface area contributed by atoms with E-state index < -0.39 is 0 Å². The molecule has 0 bridgehead atoms. The van der Waals surface area contributed by atoms with Crippen molar-refractivity contribution in [2.24, 2.45) is 7.05 Å². The van der Waals surface area contributed by atoms with E-state index in [1.165, 1.54) is 0 Å². The maximum Gasteiger partial charge on any atom is 0.147 e. The summed E-state index contributed by atoms with van der Waals surface area (Å²) in [6.07, 6.45) is 0.667. The summed E-state index contributed by atoms with van der Waals surface area (Å²) in [4.78, 5) is 0. The standard InChI is InChI=1S/C11H11Cl2N3/c1-16-10(14-15-11(16)7-12)6-8-4-2-3-5-9(8)13/h2-5H,6-7H2,1H3. The van der Waals surface area contributed by atoms with Gasteiger partial charge in [-0.3, -0.25) is 0 Å². The van der Waals surface area contributed by atoms with Crippen molar-refractivity contribution in [1.82, 2.24) is 14.8 Å². The molecule has 0 amide bonds. The van der Waals surface area contributed by atoms with E-state index in [-0.39, 0.29) is 0 Å². The topological polar surface area (TPSA) is 30.7 Å². The molecule has 0 saturated heterocycles. The number of hydrogen-bond acceptors (Lipinski definition) is 2. The lowest BCUT2D eigenvalue weighted by Crippen LogP contribution is -2.02. The molecule has 2 aromatic rings. The lowest BCUT2D eigenvalue weighted by atomic mass is 10.1. The SMILES string of the molecule is Cn1c(CCl)nnc1Cc1ccccc1Cl. The maximum absolute atomic E-state index is 6.08. The number of benzene rings is 1. The molecular formula is C11H11Cl2N3. The Bertz CT molecular complexity index is 494. The molecule has 16 heavy (non-hydrogen) atoms. The Labute approximate surface area is 104 Å². The quantitative estimate of drug-likeness (QED) is 0.790. The van der Waals surface area contributed by atoms with E-state index >= 15 is 0 Å². The number of hydrogen-bond donors (Lipinski definition) is 0. The molecule has 1 aromatic carbocycles. The van der Waals surface area contributed by atoms with E-state index in [0.717, 1.165) is 22.2 Å². The van der Waals surface area contributed by atoms with E-state index in [2.05, 4.69) is 10.2 Å². The zero-order chi connectivity index (χ0) is 11.5. The molecule has 0 aliphatic heterocycles. The summed E-state index contributed by atoms with van der Waals surface area (Å²) in [5.41, 5.74) is 1.04. The van der Waals surface area contributed by atoms with Crippen molar-refractivity contribution in [2.75, 3.05) is 0 Å². The molecule has 0 fully saturated rings. The van der Waals surface area contributed by atoms with Crippen molar-refractivity contribution in [2.45, 2.75) is 12.3 Å². The molecule has 0 radical (unpaired) electrons. The highest BCUT2D eigenvalue weighted by Crippen LogP contribution is 2.18. The van der Waals surface area contributed by atoms with Gasteiger partial charge in [-0.15, -0.1) is 21.8 Å². The molecule has 3 nitrogen and oxygen atoms in total. The minimum absolute atomic E-state index is 0.367. The Morgan fingerprint density at radius 2 is 1.88 bits per heavy atom. The highest BCUT2D eigenvalue weighted by atomic mass is 35.5. The largest absolute Gasteiger partial charge is 0.317 e. The van der Waals surface area contributed by atoms with Gasteiger partial charge < -0.3 is 4.57 Å². The third-order valence-corrected chi connectivity index (χ3v) is 3.09. The van der Waals surface area contributed by atoms with Crippen LogP contribution < -0.4 is 0 Å². The molecule has 0 atom stereocenters. The Kier molecular flexibility index (Phi) is 3.46. The van der Waals surface area contributed by atoms with Gasteiger partial charge in [-0.25, -0.2) is 0 Å². The predicted molar refractivity (Wildman–Crippen MR) is 64.8 cm³/mol. The van der Waals surface area contributed by atoms with Gasteiger partial charge in [0.1, 0.15) is 11.6 Å². The predicted octanol–water partition coefficient (Wildman–Crippen LogP) is 2.80. The summed E-state index contributed by atoms with van der Waals surface area (Å²) in [5.74, 6) is 2.00. The fraction of sp³-hybridized carbons (Fsp3) is 0.273. The van der Waals surface area contributed by atoms with Crippen molar-refractivity contribution in [3.05, 3.63) is 46.5 Å². The summed E-state index contributed by atoms with van der Waals surface area (Å²) in [5, 5.41) is 8.84. The van der Waals surface area contributed by atoms with Gasteiger partial charge in [0.05, 0.1) is 5.88 Å². The van der Waals surface area contributed by atoms with Crippen molar-refractivity contribution in [3.8, 4) is 0 Å². The number of nitrogens with zero attached hydrogens (tertiary/aromatic N) is 3. The van der Waals surface area contributed by atoms with E-state index in [0.29, 0.717) is 12.3 Å². The molecule has 0 saturated carbocycles. The van der Waals surface area contributed by atoms with Gasteiger partial charge in [-0.1, -0.05) is 29.8 Å². The van der Waals surface area contributed by atoms with Gasteiger partial charge in [0.25, 0.3) is 0 Å². The molecular weight excluding hydrogens is 245 g/mol. The molecule has 0 spiro atoms. The van der Waals surface area contributed by atoms with Gasteiger partial charge in [0, 0.05) is 18.5 Å². The van der Waals surface area contributed by atoms with Crippen LogP contribution in [0.2, 0.25) is 5.02 Å². The Hall–Kier alpha value is -1.06. The van der Waals surface area contributed by atoms with Gasteiger partial charge in [0.2, 0.25) is 0 Å². The van der Waals surface area contributed by atoms with Crippen molar-refractivity contribution in [1.29, 1.82) is 0 Å². The van der Waals surface area contributed by atoms with E-state index in [1.54, 1.807) is 0 Å². The molecule has 0 aliphatic carbocycles. The first-order valence-electron chi connectivity index (χ1n) is 4.89. The summed E-state index contributed by atoms with van der Waals surface area (Å²) < 4.78 is 1.90. The van der Waals surface area contributed by atoms with Crippen LogP contribution in [0.25, 0.3) is 0 Å². The molecule has 0 aliphatic rings. The number of alkyl halides is 1. The lowest BCUT2D eigenvalue weighted by Gasteiger charge is -2.04. The minimum Gasteiger partial charge on any atom is -0.317 e.